The van der Waals surface area contributed by atoms with Crippen LogP contribution in [0.4, 0.5) is 11.4 Å². The molecule has 1 aromatic rings. The van der Waals surface area contributed by atoms with Crippen LogP contribution in [0.15, 0.2) is 18.2 Å². The molecule has 1 aromatic carbocycles. The molecule has 0 amide bonds. The van der Waals surface area contributed by atoms with Crippen molar-refractivity contribution in [1.82, 2.24) is 0 Å². The summed E-state index contributed by atoms with van der Waals surface area (Å²) in [5.41, 5.74) is 0.560. The molecule has 4 nitrogen and oxygen atoms in total. The van der Waals surface area contributed by atoms with E-state index in [1.54, 1.807) is 12.1 Å². The van der Waals surface area contributed by atoms with Gasteiger partial charge in [0.15, 0.2) is 0 Å². The molecule has 17 heavy (non-hydrogen) atoms. The van der Waals surface area contributed by atoms with Crippen LogP contribution in [-0.4, -0.2) is 11.5 Å². The van der Waals surface area contributed by atoms with Crippen LogP contribution in [0.3, 0.4) is 0 Å². The van der Waals surface area contributed by atoms with Crippen molar-refractivity contribution in [3.05, 3.63) is 33.3 Å². The molecule has 0 aromatic heterocycles. The first-order chi connectivity index (χ1) is 8.00. The van der Waals surface area contributed by atoms with Gasteiger partial charge in [-0.15, -0.1) is 0 Å². The molecule has 94 valence electrons. The van der Waals surface area contributed by atoms with E-state index in [1.807, 2.05) is 0 Å². The minimum Gasteiger partial charge on any atom is -0.379 e. The van der Waals surface area contributed by atoms with Crippen molar-refractivity contribution in [2.24, 2.45) is 5.92 Å². The lowest BCUT2D eigenvalue weighted by Gasteiger charge is -2.08. The van der Waals surface area contributed by atoms with E-state index in [2.05, 4.69) is 19.2 Å². The molecule has 0 atom stereocenters. The number of hydrogen-bond donors (Lipinski definition) is 1. The monoisotopic (exact) mass is 256 g/mol. The molecule has 0 radical (unpaired) electrons. The van der Waals surface area contributed by atoms with Crippen LogP contribution in [0.2, 0.25) is 5.02 Å². The quantitative estimate of drug-likeness (QED) is 0.474. The van der Waals surface area contributed by atoms with Gasteiger partial charge in [0, 0.05) is 17.6 Å². The topological polar surface area (TPSA) is 55.2 Å². The van der Waals surface area contributed by atoms with Crippen LogP contribution in [0.5, 0.6) is 0 Å². The molecule has 1 N–H and O–H groups in total. The fraction of sp³-hybridized carbons (Fsp3) is 0.500. The average Bonchev–Trinajstić information content (AvgIpc) is 2.25. The molecule has 0 saturated heterocycles. The van der Waals surface area contributed by atoms with Crippen molar-refractivity contribution in [2.75, 3.05) is 11.9 Å². The zero-order valence-corrected chi connectivity index (χ0v) is 10.8. The van der Waals surface area contributed by atoms with Crippen LogP contribution in [-0.2, 0) is 0 Å². The summed E-state index contributed by atoms with van der Waals surface area (Å²) in [5.74, 6) is 0.650. The first-order valence-corrected chi connectivity index (χ1v) is 6.06. The van der Waals surface area contributed by atoms with E-state index in [0.717, 1.165) is 19.4 Å². The number of rotatable bonds is 6. The van der Waals surface area contributed by atoms with E-state index in [9.17, 15) is 10.1 Å². The van der Waals surface area contributed by atoms with E-state index in [0.29, 0.717) is 16.6 Å². The van der Waals surface area contributed by atoms with Gasteiger partial charge in [-0.2, -0.15) is 0 Å². The van der Waals surface area contributed by atoms with E-state index >= 15 is 0 Å². The molecular formula is C12H17ClN2O2. The van der Waals surface area contributed by atoms with Crippen molar-refractivity contribution in [3.8, 4) is 0 Å². The van der Waals surface area contributed by atoms with Crippen LogP contribution in [0.25, 0.3) is 0 Å². The number of nitro groups is 1. The maximum absolute atomic E-state index is 10.8. The predicted molar refractivity (Wildman–Crippen MR) is 70.7 cm³/mol. The molecule has 1 rings (SSSR count). The lowest BCUT2D eigenvalue weighted by molar-refractivity contribution is -0.383. The average molecular weight is 257 g/mol. The first-order valence-electron chi connectivity index (χ1n) is 5.68. The Kier molecular flexibility index (Phi) is 5.22. The zero-order chi connectivity index (χ0) is 12.8. The molecule has 0 saturated carbocycles. The van der Waals surface area contributed by atoms with Crippen LogP contribution in [0.1, 0.15) is 26.7 Å². The van der Waals surface area contributed by atoms with Crippen molar-refractivity contribution in [2.45, 2.75) is 26.7 Å². The summed E-state index contributed by atoms with van der Waals surface area (Å²) in [4.78, 5) is 10.4. The van der Waals surface area contributed by atoms with Gasteiger partial charge in [0.05, 0.1) is 4.92 Å². The van der Waals surface area contributed by atoms with Gasteiger partial charge in [-0.25, -0.2) is 0 Å². The van der Waals surface area contributed by atoms with Crippen LogP contribution in [0, 0.1) is 16.0 Å². The fourth-order valence-electron chi connectivity index (χ4n) is 1.54. The molecule has 0 fully saturated rings. The summed E-state index contributed by atoms with van der Waals surface area (Å²) in [6.45, 7) is 5.05. The zero-order valence-electron chi connectivity index (χ0n) is 10.1. The highest BCUT2D eigenvalue weighted by atomic mass is 35.5. The lowest BCUT2D eigenvalue weighted by atomic mass is 10.1. The maximum Gasteiger partial charge on any atom is 0.293 e. The summed E-state index contributed by atoms with van der Waals surface area (Å²) in [5, 5.41) is 14.3. The van der Waals surface area contributed by atoms with Crippen molar-refractivity contribution in [1.29, 1.82) is 0 Å². The molecule has 0 aliphatic heterocycles. The number of nitro benzene ring substituents is 1. The second-order valence-electron chi connectivity index (χ2n) is 4.38. The molecule has 0 heterocycles. The largest absolute Gasteiger partial charge is 0.379 e. The molecule has 0 aliphatic rings. The van der Waals surface area contributed by atoms with Gasteiger partial charge in [0.1, 0.15) is 5.69 Å². The number of anilines is 1. The number of halogens is 1. The Balaban J connectivity index is 2.61. The highest BCUT2D eigenvalue weighted by Gasteiger charge is 2.13. The maximum atomic E-state index is 10.8. The number of nitrogens with zero attached hydrogens (tertiary/aromatic N) is 1. The van der Waals surface area contributed by atoms with Crippen LogP contribution < -0.4 is 5.32 Å². The highest BCUT2D eigenvalue weighted by Crippen LogP contribution is 2.27. The second-order valence-corrected chi connectivity index (χ2v) is 4.82. The summed E-state index contributed by atoms with van der Waals surface area (Å²) in [6.07, 6.45) is 2.10. The van der Waals surface area contributed by atoms with Crippen molar-refractivity contribution >= 4 is 23.0 Å². The minimum absolute atomic E-state index is 0.0297. The van der Waals surface area contributed by atoms with Gasteiger partial charge in [0.2, 0.25) is 0 Å². The SMILES string of the molecule is CC(C)CCCNc1ccc(Cl)cc1[N+](=O)[O-]. The van der Waals surface area contributed by atoms with Gasteiger partial charge < -0.3 is 5.32 Å². The summed E-state index contributed by atoms with van der Waals surface area (Å²) < 4.78 is 0. The summed E-state index contributed by atoms with van der Waals surface area (Å²) in [7, 11) is 0. The van der Waals surface area contributed by atoms with Gasteiger partial charge in [-0.1, -0.05) is 25.4 Å². The highest BCUT2D eigenvalue weighted by molar-refractivity contribution is 6.30. The standard InChI is InChI=1S/C12H17ClN2O2/c1-9(2)4-3-7-14-11-6-5-10(13)8-12(11)15(16)17/h5-6,8-9,14H,3-4,7H2,1-2H3. The Bertz CT molecular complexity index is 394. The van der Waals surface area contributed by atoms with E-state index < -0.39 is 4.92 Å². The fourth-order valence-corrected chi connectivity index (χ4v) is 1.71. The summed E-state index contributed by atoms with van der Waals surface area (Å²) in [6, 6.07) is 4.67. The van der Waals surface area contributed by atoms with E-state index in [-0.39, 0.29) is 5.69 Å². The Morgan fingerprint density at radius 2 is 2.18 bits per heavy atom. The van der Waals surface area contributed by atoms with Crippen molar-refractivity contribution in [3.63, 3.8) is 0 Å². The third kappa shape index (κ3) is 4.61. The molecule has 5 heteroatoms. The minimum atomic E-state index is -0.420. The van der Waals surface area contributed by atoms with Crippen molar-refractivity contribution < 1.29 is 4.92 Å². The van der Waals surface area contributed by atoms with Gasteiger partial charge in [-0.3, -0.25) is 10.1 Å². The van der Waals surface area contributed by atoms with Gasteiger partial charge in [-0.05, 0) is 30.9 Å². The third-order valence-electron chi connectivity index (χ3n) is 2.43. The normalized spacial score (nSPS) is 10.6. The first kappa shape index (κ1) is 13.8. The predicted octanol–water partition coefficient (Wildman–Crippen LogP) is 4.10. The molecule has 0 aliphatic carbocycles. The number of benzene rings is 1. The number of nitrogens with one attached hydrogen (secondary N) is 1. The van der Waals surface area contributed by atoms with E-state index in [1.165, 1.54) is 6.07 Å². The lowest BCUT2D eigenvalue weighted by Crippen LogP contribution is -2.05. The van der Waals surface area contributed by atoms with Gasteiger partial charge in [0.25, 0.3) is 5.69 Å². The Morgan fingerprint density at radius 1 is 1.47 bits per heavy atom. The molecule has 0 bridgehead atoms. The molecule has 0 spiro atoms. The molecular weight excluding hydrogens is 240 g/mol. The Hall–Kier alpha value is -1.29. The van der Waals surface area contributed by atoms with Crippen LogP contribution >= 0.6 is 11.6 Å². The Morgan fingerprint density at radius 3 is 2.76 bits per heavy atom. The second kappa shape index (κ2) is 6.45. The number of hydrogen-bond acceptors (Lipinski definition) is 3. The van der Waals surface area contributed by atoms with Gasteiger partial charge >= 0.3 is 0 Å². The Labute approximate surface area is 106 Å². The third-order valence-corrected chi connectivity index (χ3v) is 2.67. The summed E-state index contributed by atoms with van der Waals surface area (Å²) >= 11 is 5.73. The molecule has 0 unspecified atom stereocenters. The smallest absolute Gasteiger partial charge is 0.293 e. The van der Waals surface area contributed by atoms with E-state index in [4.69, 9.17) is 11.6 Å².